The van der Waals surface area contributed by atoms with E-state index in [1.165, 1.54) is 13.2 Å². The molecule has 0 saturated heterocycles. The summed E-state index contributed by atoms with van der Waals surface area (Å²) in [5.74, 6) is 0.0936. The molecular formula is C16H23FN2O2Si. The molecular weight excluding hydrogens is 299 g/mol. The van der Waals surface area contributed by atoms with Crippen LogP contribution in [-0.2, 0) is 11.5 Å². The van der Waals surface area contributed by atoms with Gasteiger partial charge in [0.2, 0.25) is 0 Å². The number of halogens is 1. The molecule has 0 bridgehead atoms. The Labute approximate surface area is 131 Å². The second-order valence-corrected chi connectivity index (χ2v) is 12.1. The van der Waals surface area contributed by atoms with Gasteiger partial charge in [0.25, 0.3) is 0 Å². The third kappa shape index (κ3) is 3.75. The second kappa shape index (κ2) is 6.62. The van der Waals surface area contributed by atoms with E-state index < -0.39 is 8.07 Å². The van der Waals surface area contributed by atoms with Crippen molar-refractivity contribution in [3.05, 3.63) is 30.2 Å². The van der Waals surface area contributed by atoms with Crippen molar-refractivity contribution in [2.24, 2.45) is 0 Å². The lowest BCUT2D eigenvalue weighted by atomic mass is 10.2. The van der Waals surface area contributed by atoms with Crippen LogP contribution in [0.3, 0.4) is 0 Å². The molecule has 120 valence electrons. The molecule has 0 atom stereocenters. The van der Waals surface area contributed by atoms with Crippen LogP contribution in [0.4, 0.5) is 4.39 Å². The monoisotopic (exact) mass is 322 g/mol. The predicted molar refractivity (Wildman–Crippen MR) is 90.4 cm³/mol. The number of hydrogen-bond donors (Lipinski definition) is 0. The lowest BCUT2D eigenvalue weighted by Gasteiger charge is -2.15. The average molecular weight is 322 g/mol. The molecule has 4 nitrogen and oxygen atoms in total. The van der Waals surface area contributed by atoms with E-state index in [4.69, 9.17) is 9.47 Å². The minimum Gasteiger partial charge on any atom is -0.497 e. The highest BCUT2D eigenvalue weighted by molar-refractivity contribution is 6.76. The van der Waals surface area contributed by atoms with Crippen LogP contribution in [-0.4, -0.2) is 31.6 Å². The molecule has 1 heterocycles. The number of benzene rings is 1. The van der Waals surface area contributed by atoms with Crippen LogP contribution in [0.25, 0.3) is 17.0 Å². The minimum atomic E-state index is -1.14. The summed E-state index contributed by atoms with van der Waals surface area (Å²) >= 11 is 0. The van der Waals surface area contributed by atoms with Crippen LogP contribution < -0.4 is 4.74 Å². The van der Waals surface area contributed by atoms with Gasteiger partial charge in [-0.05, 0) is 18.2 Å². The van der Waals surface area contributed by atoms with E-state index in [-0.39, 0.29) is 12.5 Å². The van der Waals surface area contributed by atoms with Gasteiger partial charge in [0.05, 0.1) is 12.8 Å². The third-order valence-corrected chi connectivity index (χ3v) is 5.14. The number of methoxy groups -OCH3 is 1. The van der Waals surface area contributed by atoms with Crippen molar-refractivity contribution in [2.45, 2.75) is 32.4 Å². The van der Waals surface area contributed by atoms with Gasteiger partial charge in [0, 0.05) is 26.1 Å². The van der Waals surface area contributed by atoms with Gasteiger partial charge in [-0.2, -0.15) is 5.10 Å². The molecule has 6 heteroatoms. The molecule has 0 radical (unpaired) electrons. The summed E-state index contributed by atoms with van der Waals surface area (Å²) in [5.41, 5.74) is 1.05. The fraction of sp³-hybridized carbons (Fsp3) is 0.438. The predicted octanol–water partition coefficient (Wildman–Crippen LogP) is 4.14. The quantitative estimate of drug-likeness (QED) is 0.568. The van der Waals surface area contributed by atoms with Crippen molar-refractivity contribution in [1.29, 1.82) is 0 Å². The molecule has 0 aliphatic rings. The Kier molecular flexibility index (Phi) is 5.03. The highest BCUT2D eigenvalue weighted by Gasteiger charge is 2.16. The molecule has 0 N–H and O–H groups in total. The molecule has 0 aliphatic heterocycles. The summed E-state index contributed by atoms with van der Waals surface area (Å²) in [4.78, 5) is 0. The Balaban J connectivity index is 2.25. The van der Waals surface area contributed by atoms with Gasteiger partial charge in [-0.1, -0.05) is 26.2 Å². The maximum atomic E-state index is 14.3. The summed E-state index contributed by atoms with van der Waals surface area (Å²) in [6, 6.07) is 4.19. The highest BCUT2D eigenvalue weighted by Crippen LogP contribution is 2.27. The first-order chi connectivity index (χ1) is 10.4. The molecule has 0 aliphatic carbocycles. The Morgan fingerprint density at radius 3 is 2.68 bits per heavy atom. The lowest BCUT2D eigenvalue weighted by molar-refractivity contribution is 0.0812. The number of rotatable bonds is 7. The molecule has 0 amide bonds. The Hall–Kier alpha value is -1.66. The number of fused-ring (bicyclic) bond motifs is 1. The molecule has 1 aromatic heterocycles. The van der Waals surface area contributed by atoms with Gasteiger partial charge in [-0.15, -0.1) is 0 Å². The van der Waals surface area contributed by atoms with Crippen LogP contribution in [0.5, 0.6) is 5.75 Å². The molecule has 0 spiro atoms. The third-order valence-electron chi connectivity index (χ3n) is 3.44. The van der Waals surface area contributed by atoms with E-state index in [1.54, 1.807) is 16.8 Å². The Bertz CT molecular complexity index is 677. The van der Waals surface area contributed by atoms with Gasteiger partial charge in [-0.25, -0.2) is 9.07 Å². The summed E-state index contributed by atoms with van der Waals surface area (Å²) in [5, 5.41) is 5.05. The molecule has 0 unspecified atom stereocenters. The van der Waals surface area contributed by atoms with Crippen LogP contribution >= 0.6 is 0 Å². The van der Waals surface area contributed by atoms with Gasteiger partial charge in [0.15, 0.2) is 5.82 Å². The Morgan fingerprint density at radius 1 is 1.36 bits per heavy atom. The number of hydrogen-bond acceptors (Lipinski definition) is 3. The van der Waals surface area contributed by atoms with Crippen molar-refractivity contribution in [3.63, 3.8) is 0 Å². The van der Waals surface area contributed by atoms with E-state index in [0.717, 1.165) is 6.04 Å². The number of ether oxygens (including phenoxy) is 2. The van der Waals surface area contributed by atoms with Crippen LogP contribution in [0, 0.1) is 5.82 Å². The SMILES string of the molecule is C=Cc1nn(COCC[Si](C)(C)C)c2c(F)cc(OC)cc12. The second-order valence-electron chi connectivity index (χ2n) is 6.44. The van der Waals surface area contributed by atoms with E-state index >= 15 is 0 Å². The molecule has 2 aromatic rings. The molecule has 0 fully saturated rings. The van der Waals surface area contributed by atoms with E-state index in [9.17, 15) is 4.39 Å². The van der Waals surface area contributed by atoms with E-state index in [0.29, 0.717) is 29.0 Å². The van der Waals surface area contributed by atoms with Crippen molar-refractivity contribution in [3.8, 4) is 5.75 Å². The normalized spacial score (nSPS) is 11.9. The van der Waals surface area contributed by atoms with Gasteiger partial charge < -0.3 is 9.47 Å². The summed E-state index contributed by atoms with van der Waals surface area (Å²) in [6.45, 7) is 11.5. The topological polar surface area (TPSA) is 36.3 Å². The van der Waals surface area contributed by atoms with Crippen molar-refractivity contribution < 1.29 is 13.9 Å². The maximum absolute atomic E-state index is 14.3. The van der Waals surface area contributed by atoms with Gasteiger partial charge in [0.1, 0.15) is 18.0 Å². The fourth-order valence-electron chi connectivity index (χ4n) is 2.16. The largest absolute Gasteiger partial charge is 0.497 e. The van der Waals surface area contributed by atoms with Gasteiger partial charge >= 0.3 is 0 Å². The first kappa shape index (κ1) is 16.7. The van der Waals surface area contributed by atoms with Gasteiger partial charge in [-0.3, -0.25) is 0 Å². The van der Waals surface area contributed by atoms with Crippen LogP contribution in [0.2, 0.25) is 25.7 Å². The van der Waals surface area contributed by atoms with E-state index in [1.807, 2.05) is 0 Å². The molecule has 0 saturated carbocycles. The summed E-state index contributed by atoms with van der Waals surface area (Å²) in [6.07, 6.45) is 1.61. The number of aromatic nitrogens is 2. The highest BCUT2D eigenvalue weighted by atomic mass is 28.3. The van der Waals surface area contributed by atoms with Crippen molar-refractivity contribution >= 4 is 25.1 Å². The molecule has 1 aromatic carbocycles. The van der Waals surface area contributed by atoms with E-state index in [2.05, 4.69) is 31.3 Å². The first-order valence-electron chi connectivity index (χ1n) is 7.30. The van der Waals surface area contributed by atoms with Crippen LogP contribution in [0.15, 0.2) is 18.7 Å². The first-order valence-corrected chi connectivity index (χ1v) is 11.0. The lowest BCUT2D eigenvalue weighted by Crippen LogP contribution is -2.22. The zero-order valence-corrected chi connectivity index (χ0v) is 14.6. The zero-order chi connectivity index (χ0) is 16.3. The van der Waals surface area contributed by atoms with Crippen molar-refractivity contribution in [2.75, 3.05) is 13.7 Å². The Morgan fingerprint density at radius 2 is 2.09 bits per heavy atom. The minimum absolute atomic E-state index is 0.234. The smallest absolute Gasteiger partial charge is 0.152 e. The fourth-order valence-corrected chi connectivity index (χ4v) is 2.91. The standard InChI is InChI=1S/C16H23FN2O2Si/c1-6-15-13-9-12(20-2)10-14(17)16(13)19(18-15)11-21-7-8-22(3,4)5/h6,9-10H,1,7-8,11H2,2-5H3. The van der Waals surface area contributed by atoms with Crippen molar-refractivity contribution in [1.82, 2.24) is 9.78 Å². The maximum Gasteiger partial charge on any atom is 0.152 e. The number of nitrogens with zero attached hydrogens (tertiary/aromatic N) is 2. The molecule has 22 heavy (non-hydrogen) atoms. The average Bonchev–Trinajstić information content (AvgIpc) is 2.81. The zero-order valence-electron chi connectivity index (χ0n) is 13.6. The van der Waals surface area contributed by atoms with Crippen LogP contribution in [0.1, 0.15) is 5.69 Å². The summed E-state index contributed by atoms with van der Waals surface area (Å²) < 4.78 is 26.7. The summed E-state index contributed by atoms with van der Waals surface area (Å²) in [7, 11) is 0.377. The molecule has 2 rings (SSSR count).